The lowest BCUT2D eigenvalue weighted by Gasteiger charge is -2.19. The van der Waals surface area contributed by atoms with E-state index >= 15 is 0 Å². The average molecular weight is 196 g/mol. The van der Waals surface area contributed by atoms with Gasteiger partial charge in [0, 0.05) is 6.04 Å². The Labute approximate surface area is 83.5 Å². The Morgan fingerprint density at radius 1 is 1.71 bits per heavy atom. The molecule has 0 amide bonds. The maximum absolute atomic E-state index is 11.3. The summed E-state index contributed by atoms with van der Waals surface area (Å²) < 4.78 is 0. The molecule has 14 heavy (non-hydrogen) atoms. The smallest absolute Gasteiger partial charge is 0.217 e. The molecule has 1 aliphatic rings. The molecule has 2 unspecified atom stereocenters. The van der Waals surface area contributed by atoms with E-state index in [1.807, 2.05) is 6.92 Å². The maximum Gasteiger partial charge on any atom is 0.217 e. The third-order valence-corrected chi connectivity index (χ3v) is 2.02. The zero-order chi connectivity index (χ0) is 10.6. The number of guanidine groups is 1. The van der Waals surface area contributed by atoms with Gasteiger partial charge in [-0.05, 0) is 13.3 Å². The minimum absolute atomic E-state index is 0.137. The molecule has 0 saturated carbocycles. The van der Waals surface area contributed by atoms with Gasteiger partial charge in [0.1, 0.15) is 0 Å². The topological polar surface area (TPSA) is 79.8 Å². The SMILES string of the molecule is CCCC(C)NC1N=C(N)N=CC1=O. The van der Waals surface area contributed by atoms with Crippen LogP contribution < -0.4 is 11.1 Å². The second kappa shape index (κ2) is 4.85. The Balaban J connectivity index is 2.52. The lowest BCUT2D eigenvalue weighted by Crippen LogP contribution is -2.44. The molecule has 0 saturated heterocycles. The fourth-order valence-electron chi connectivity index (χ4n) is 1.33. The number of nitrogens with zero attached hydrogens (tertiary/aromatic N) is 2. The monoisotopic (exact) mass is 196 g/mol. The third-order valence-electron chi connectivity index (χ3n) is 2.02. The molecule has 78 valence electrons. The number of hydrogen-bond acceptors (Lipinski definition) is 5. The van der Waals surface area contributed by atoms with Crippen LogP contribution in [-0.2, 0) is 4.79 Å². The predicted octanol–water partition coefficient (Wildman–Crippen LogP) is 0.0589. The highest BCUT2D eigenvalue weighted by Gasteiger charge is 2.20. The summed E-state index contributed by atoms with van der Waals surface area (Å²) in [7, 11) is 0. The predicted molar refractivity (Wildman–Crippen MR) is 56.4 cm³/mol. The van der Waals surface area contributed by atoms with Gasteiger partial charge in [0.15, 0.2) is 6.17 Å². The van der Waals surface area contributed by atoms with Crippen molar-refractivity contribution in [3.8, 4) is 0 Å². The highest BCUT2D eigenvalue weighted by atomic mass is 16.1. The van der Waals surface area contributed by atoms with Crippen LogP contribution in [0, 0.1) is 0 Å². The van der Waals surface area contributed by atoms with Crippen molar-refractivity contribution in [1.82, 2.24) is 5.32 Å². The van der Waals surface area contributed by atoms with Crippen LogP contribution in [0.3, 0.4) is 0 Å². The first kappa shape index (κ1) is 10.8. The van der Waals surface area contributed by atoms with Crippen molar-refractivity contribution >= 4 is 18.0 Å². The zero-order valence-corrected chi connectivity index (χ0v) is 8.53. The molecule has 1 heterocycles. The number of carbonyl (C=O) groups is 1. The molecule has 0 fully saturated rings. The van der Waals surface area contributed by atoms with Crippen LogP contribution in [0.5, 0.6) is 0 Å². The lowest BCUT2D eigenvalue weighted by molar-refractivity contribution is -0.114. The van der Waals surface area contributed by atoms with E-state index in [1.54, 1.807) is 0 Å². The molecule has 2 atom stereocenters. The van der Waals surface area contributed by atoms with Gasteiger partial charge < -0.3 is 5.73 Å². The van der Waals surface area contributed by atoms with Crippen LogP contribution in [-0.4, -0.2) is 30.2 Å². The molecule has 5 heteroatoms. The molecular formula is C9H16N4O. The van der Waals surface area contributed by atoms with E-state index in [2.05, 4.69) is 22.2 Å². The zero-order valence-electron chi connectivity index (χ0n) is 8.53. The molecule has 0 aliphatic carbocycles. The van der Waals surface area contributed by atoms with Crippen LogP contribution in [0.4, 0.5) is 0 Å². The number of ketones is 1. The van der Waals surface area contributed by atoms with Crippen molar-refractivity contribution in [3.05, 3.63) is 0 Å². The van der Waals surface area contributed by atoms with Crippen molar-refractivity contribution < 1.29 is 4.79 Å². The van der Waals surface area contributed by atoms with Gasteiger partial charge in [-0.1, -0.05) is 13.3 Å². The van der Waals surface area contributed by atoms with E-state index in [1.165, 1.54) is 6.21 Å². The highest BCUT2D eigenvalue weighted by molar-refractivity contribution is 6.33. The van der Waals surface area contributed by atoms with E-state index in [-0.39, 0.29) is 17.8 Å². The summed E-state index contributed by atoms with van der Waals surface area (Å²) >= 11 is 0. The summed E-state index contributed by atoms with van der Waals surface area (Å²) in [4.78, 5) is 18.9. The van der Waals surface area contributed by atoms with Gasteiger partial charge in [0.25, 0.3) is 0 Å². The Kier molecular flexibility index (Phi) is 3.76. The summed E-state index contributed by atoms with van der Waals surface area (Å²) in [5, 5.41) is 3.09. The first-order valence-electron chi connectivity index (χ1n) is 4.80. The number of hydrogen-bond donors (Lipinski definition) is 2. The van der Waals surface area contributed by atoms with Crippen molar-refractivity contribution in [2.24, 2.45) is 15.7 Å². The van der Waals surface area contributed by atoms with Crippen molar-refractivity contribution in [2.75, 3.05) is 0 Å². The van der Waals surface area contributed by atoms with Gasteiger partial charge >= 0.3 is 0 Å². The van der Waals surface area contributed by atoms with E-state index in [9.17, 15) is 4.79 Å². The number of Topliss-reactive ketones (excluding diaryl/α,β-unsaturated/α-hetero) is 1. The van der Waals surface area contributed by atoms with Crippen molar-refractivity contribution in [2.45, 2.75) is 38.9 Å². The van der Waals surface area contributed by atoms with E-state index in [0.29, 0.717) is 0 Å². The number of nitrogens with one attached hydrogen (secondary N) is 1. The first-order chi connectivity index (χ1) is 6.63. The molecule has 1 rings (SSSR count). The standard InChI is InChI=1S/C9H16N4O/c1-3-4-6(2)12-8-7(14)5-11-9(10)13-8/h5-6,8,12H,3-4H2,1-2H3,(H2,10,13). The molecule has 3 N–H and O–H groups in total. The summed E-state index contributed by atoms with van der Waals surface area (Å²) in [6, 6.07) is 0.261. The molecule has 0 spiro atoms. The fourth-order valence-corrected chi connectivity index (χ4v) is 1.33. The van der Waals surface area contributed by atoms with E-state index < -0.39 is 6.17 Å². The quantitative estimate of drug-likeness (QED) is 0.667. The molecule has 0 bridgehead atoms. The second-order valence-corrected chi connectivity index (χ2v) is 3.41. The van der Waals surface area contributed by atoms with Crippen LogP contribution in [0.25, 0.3) is 0 Å². The molecule has 0 aromatic carbocycles. The lowest BCUT2D eigenvalue weighted by atomic mass is 10.2. The van der Waals surface area contributed by atoms with Crippen LogP contribution in [0.2, 0.25) is 0 Å². The van der Waals surface area contributed by atoms with Gasteiger partial charge in [-0.15, -0.1) is 0 Å². The molecule has 1 aliphatic heterocycles. The second-order valence-electron chi connectivity index (χ2n) is 3.41. The largest absolute Gasteiger partial charge is 0.368 e. The maximum atomic E-state index is 11.3. The van der Waals surface area contributed by atoms with E-state index in [4.69, 9.17) is 5.73 Å². The fraction of sp³-hybridized carbons (Fsp3) is 0.667. The normalized spacial score (nSPS) is 23.4. The summed E-state index contributed by atoms with van der Waals surface area (Å²) in [6.45, 7) is 4.12. The van der Waals surface area contributed by atoms with Crippen LogP contribution >= 0.6 is 0 Å². The summed E-state index contributed by atoms with van der Waals surface area (Å²) in [6.07, 6.45) is 2.76. The van der Waals surface area contributed by atoms with Crippen molar-refractivity contribution in [1.29, 1.82) is 0 Å². The molecule has 0 aromatic rings. The van der Waals surface area contributed by atoms with Gasteiger partial charge in [-0.2, -0.15) is 0 Å². The summed E-state index contributed by atoms with van der Waals surface area (Å²) in [5.41, 5.74) is 5.40. The van der Waals surface area contributed by atoms with Gasteiger partial charge in [-0.3, -0.25) is 10.1 Å². The Bertz CT molecular complexity index is 272. The van der Waals surface area contributed by atoms with Gasteiger partial charge in [0.2, 0.25) is 11.7 Å². The summed E-state index contributed by atoms with van der Waals surface area (Å²) in [5.74, 6) is 0.0213. The molecule has 0 radical (unpaired) electrons. The Hall–Kier alpha value is -1.23. The number of rotatable bonds is 4. The van der Waals surface area contributed by atoms with Crippen molar-refractivity contribution in [3.63, 3.8) is 0 Å². The Morgan fingerprint density at radius 3 is 3.07 bits per heavy atom. The first-order valence-corrected chi connectivity index (χ1v) is 4.80. The molecular weight excluding hydrogens is 180 g/mol. The van der Waals surface area contributed by atoms with E-state index in [0.717, 1.165) is 12.8 Å². The number of carbonyl (C=O) groups excluding carboxylic acids is 1. The van der Waals surface area contributed by atoms with Gasteiger partial charge in [0.05, 0.1) is 6.21 Å². The van der Waals surface area contributed by atoms with Gasteiger partial charge in [-0.25, -0.2) is 9.98 Å². The average Bonchev–Trinajstić information content (AvgIpc) is 2.12. The van der Waals surface area contributed by atoms with Crippen LogP contribution in [0.15, 0.2) is 9.98 Å². The Morgan fingerprint density at radius 2 is 2.43 bits per heavy atom. The number of nitrogens with two attached hydrogens (primary N) is 1. The highest BCUT2D eigenvalue weighted by Crippen LogP contribution is 2.00. The molecule has 5 nitrogen and oxygen atoms in total. The third kappa shape index (κ3) is 2.92. The van der Waals surface area contributed by atoms with Crippen LogP contribution in [0.1, 0.15) is 26.7 Å². The number of aliphatic imine (C=N–C) groups is 2. The molecule has 0 aromatic heterocycles. The minimum atomic E-state index is -0.547. The minimum Gasteiger partial charge on any atom is -0.368 e.